The number of aromatic nitrogens is 3. The highest BCUT2D eigenvalue weighted by atomic mass is 19.1. The number of benzene rings is 2. The van der Waals surface area contributed by atoms with Crippen molar-refractivity contribution >= 4 is 17.0 Å². The Balaban J connectivity index is 1.36. The number of rotatable bonds is 7. The van der Waals surface area contributed by atoms with E-state index in [4.69, 9.17) is 4.42 Å². The molecule has 0 aliphatic rings. The molecular formula is C23H23FN4O3. The zero-order chi connectivity index (χ0) is 22.0. The molecule has 2 aromatic heterocycles. The molecule has 31 heavy (non-hydrogen) atoms. The number of oxazole rings is 1. The van der Waals surface area contributed by atoms with Gasteiger partial charge < -0.3 is 9.32 Å². The predicted molar refractivity (Wildman–Crippen MR) is 115 cm³/mol. The first-order valence-electron chi connectivity index (χ1n) is 10.1. The van der Waals surface area contributed by atoms with Crippen molar-refractivity contribution in [2.45, 2.75) is 25.8 Å². The molecule has 1 unspecified atom stereocenters. The lowest BCUT2D eigenvalue weighted by molar-refractivity contribution is -0.133. The summed E-state index contributed by atoms with van der Waals surface area (Å²) in [4.78, 5) is 26.7. The number of halogens is 1. The highest BCUT2D eigenvalue weighted by Gasteiger charge is 2.23. The number of H-pyrrole nitrogens is 1. The van der Waals surface area contributed by atoms with Gasteiger partial charge in [-0.25, -0.2) is 9.18 Å². The molecule has 0 saturated carbocycles. The molecule has 0 bridgehead atoms. The molecule has 160 valence electrons. The maximum Gasteiger partial charge on any atom is 0.420 e. The molecule has 1 atom stereocenters. The van der Waals surface area contributed by atoms with E-state index in [-0.39, 0.29) is 11.7 Å². The van der Waals surface area contributed by atoms with Crippen LogP contribution in [0.3, 0.4) is 0 Å². The second kappa shape index (κ2) is 8.59. The number of nitrogens with one attached hydrogen (secondary N) is 1. The molecule has 1 amide bonds. The topological polar surface area (TPSA) is 84.1 Å². The molecule has 2 heterocycles. The van der Waals surface area contributed by atoms with Crippen molar-refractivity contribution in [3.8, 4) is 11.3 Å². The first-order chi connectivity index (χ1) is 14.9. The zero-order valence-corrected chi connectivity index (χ0v) is 17.3. The number of hydrogen-bond donors (Lipinski definition) is 1. The average molecular weight is 422 g/mol. The Labute approximate surface area is 178 Å². The Morgan fingerprint density at radius 1 is 1.23 bits per heavy atom. The van der Waals surface area contributed by atoms with Crippen LogP contribution in [0, 0.1) is 5.82 Å². The Morgan fingerprint density at radius 3 is 2.84 bits per heavy atom. The number of hydrogen-bond acceptors (Lipinski definition) is 4. The highest BCUT2D eigenvalue weighted by Crippen LogP contribution is 2.20. The van der Waals surface area contributed by atoms with Gasteiger partial charge in [-0.2, -0.15) is 5.10 Å². The first kappa shape index (κ1) is 20.6. The fourth-order valence-corrected chi connectivity index (χ4v) is 3.68. The molecule has 2 aromatic carbocycles. The Kier molecular flexibility index (Phi) is 5.70. The minimum Gasteiger partial charge on any atom is -0.408 e. The van der Waals surface area contributed by atoms with Crippen LogP contribution < -0.4 is 5.76 Å². The van der Waals surface area contributed by atoms with E-state index in [1.807, 2.05) is 6.07 Å². The summed E-state index contributed by atoms with van der Waals surface area (Å²) in [6.07, 6.45) is 1.39. The summed E-state index contributed by atoms with van der Waals surface area (Å²) >= 11 is 0. The molecule has 0 radical (unpaired) electrons. The third-order valence-electron chi connectivity index (χ3n) is 5.33. The van der Waals surface area contributed by atoms with E-state index >= 15 is 0 Å². The summed E-state index contributed by atoms with van der Waals surface area (Å²) in [6.45, 7) is 2.21. The molecule has 8 heteroatoms. The van der Waals surface area contributed by atoms with Crippen LogP contribution in [-0.2, 0) is 11.2 Å². The number of fused-ring (bicyclic) bond motifs is 1. The number of carbonyl (C=O) groups excluding carboxylic acids is 1. The van der Waals surface area contributed by atoms with Gasteiger partial charge in [0.25, 0.3) is 0 Å². The second-order valence-corrected chi connectivity index (χ2v) is 7.53. The fourth-order valence-electron chi connectivity index (χ4n) is 3.68. The molecule has 0 aliphatic heterocycles. The van der Waals surface area contributed by atoms with Crippen molar-refractivity contribution in [3.63, 3.8) is 0 Å². The van der Waals surface area contributed by atoms with Crippen LogP contribution in [-0.4, -0.2) is 39.2 Å². The van der Waals surface area contributed by atoms with Gasteiger partial charge in [-0.3, -0.25) is 14.5 Å². The molecule has 4 rings (SSSR count). The minimum atomic E-state index is -0.673. The van der Waals surface area contributed by atoms with Crippen LogP contribution in [0.4, 0.5) is 4.39 Å². The SMILES string of the molecule is CC(C(=O)N(C)CCCc1cc(-c2cccc(F)c2)n[nH]1)n1c(=O)oc2ccccc21. The van der Waals surface area contributed by atoms with Gasteiger partial charge in [0.05, 0.1) is 11.2 Å². The summed E-state index contributed by atoms with van der Waals surface area (Å²) in [6, 6.07) is 14.5. The lowest BCUT2D eigenvalue weighted by Crippen LogP contribution is -2.36. The quantitative estimate of drug-likeness (QED) is 0.491. The van der Waals surface area contributed by atoms with Crippen molar-refractivity contribution in [2.24, 2.45) is 0 Å². The summed E-state index contributed by atoms with van der Waals surface area (Å²) in [5.74, 6) is -1.02. The molecule has 4 aromatic rings. The van der Waals surface area contributed by atoms with Gasteiger partial charge in [0.15, 0.2) is 5.58 Å². The molecule has 0 saturated heterocycles. The van der Waals surface area contributed by atoms with Crippen LogP contribution >= 0.6 is 0 Å². The van der Waals surface area contributed by atoms with Crippen LogP contribution in [0.5, 0.6) is 0 Å². The van der Waals surface area contributed by atoms with Gasteiger partial charge in [-0.15, -0.1) is 0 Å². The fraction of sp³-hybridized carbons (Fsp3) is 0.261. The minimum absolute atomic E-state index is 0.168. The third kappa shape index (κ3) is 4.28. The highest BCUT2D eigenvalue weighted by molar-refractivity contribution is 5.82. The Bertz CT molecular complexity index is 1270. The normalized spacial score (nSPS) is 12.2. The second-order valence-electron chi connectivity index (χ2n) is 7.53. The monoisotopic (exact) mass is 422 g/mol. The summed E-state index contributed by atoms with van der Waals surface area (Å²) in [7, 11) is 1.72. The van der Waals surface area contributed by atoms with Crippen molar-refractivity contribution < 1.29 is 13.6 Å². The largest absolute Gasteiger partial charge is 0.420 e. The number of carbonyl (C=O) groups is 1. The number of para-hydroxylation sites is 2. The van der Waals surface area contributed by atoms with Crippen molar-refractivity contribution in [1.29, 1.82) is 0 Å². The lowest BCUT2D eigenvalue weighted by Gasteiger charge is -2.21. The van der Waals surface area contributed by atoms with Gasteiger partial charge in [0.1, 0.15) is 11.9 Å². The molecule has 7 nitrogen and oxygen atoms in total. The maximum atomic E-state index is 13.4. The number of amides is 1. The van der Waals surface area contributed by atoms with E-state index in [0.29, 0.717) is 41.7 Å². The van der Waals surface area contributed by atoms with Crippen LogP contribution in [0.1, 0.15) is 25.1 Å². The van der Waals surface area contributed by atoms with Crippen molar-refractivity contribution in [2.75, 3.05) is 13.6 Å². The van der Waals surface area contributed by atoms with E-state index < -0.39 is 11.8 Å². The number of aromatic amines is 1. The van der Waals surface area contributed by atoms with Gasteiger partial charge in [0, 0.05) is 24.8 Å². The zero-order valence-electron chi connectivity index (χ0n) is 17.3. The molecule has 0 aliphatic carbocycles. The Hall–Kier alpha value is -3.68. The van der Waals surface area contributed by atoms with Gasteiger partial charge in [0.2, 0.25) is 5.91 Å². The molecule has 1 N–H and O–H groups in total. The third-order valence-corrected chi connectivity index (χ3v) is 5.33. The van der Waals surface area contributed by atoms with E-state index in [9.17, 15) is 14.0 Å². The standard InChI is InChI=1S/C23H23FN4O3/c1-15(28-20-10-3-4-11-21(20)31-23(28)30)22(29)27(2)12-6-9-18-14-19(26-25-18)16-7-5-8-17(24)13-16/h3-5,7-8,10-11,13-15H,6,9,12H2,1-2H3,(H,25,26). The number of aryl methyl sites for hydroxylation is 1. The van der Waals surface area contributed by atoms with Crippen LogP contribution in [0.2, 0.25) is 0 Å². The van der Waals surface area contributed by atoms with Crippen molar-refractivity contribution in [3.05, 3.63) is 76.7 Å². The predicted octanol–water partition coefficient (Wildman–Crippen LogP) is 3.78. The number of nitrogens with zero attached hydrogens (tertiary/aromatic N) is 3. The van der Waals surface area contributed by atoms with Crippen LogP contribution in [0.25, 0.3) is 22.4 Å². The van der Waals surface area contributed by atoms with E-state index in [0.717, 1.165) is 5.69 Å². The smallest absolute Gasteiger partial charge is 0.408 e. The van der Waals surface area contributed by atoms with Gasteiger partial charge >= 0.3 is 5.76 Å². The van der Waals surface area contributed by atoms with Gasteiger partial charge in [-0.05, 0) is 50.1 Å². The molecule has 0 spiro atoms. The first-order valence-corrected chi connectivity index (χ1v) is 10.1. The summed E-state index contributed by atoms with van der Waals surface area (Å²) in [5, 5.41) is 7.21. The molecular weight excluding hydrogens is 399 g/mol. The Morgan fingerprint density at radius 2 is 2.03 bits per heavy atom. The van der Waals surface area contributed by atoms with Gasteiger partial charge in [-0.1, -0.05) is 24.3 Å². The average Bonchev–Trinajstić information content (AvgIpc) is 3.36. The van der Waals surface area contributed by atoms with E-state index in [1.165, 1.54) is 16.7 Å². The van der Waals surface area contributed by atoms with E-state index in [1.54, 1.807) is 55.3 Å². The summed E-state index contributed by atoms with van der Waals surface area (Å²) in [5.41, 5.74) is 3.36. The van der Waals surface area contributed by atoms with Crippen LogP contribution in [0.15, 0.2) is 63.8 Å². The lowest BCUT2D eigenvalue weighted by atomic mass is 10.1. The van der Waals surface area contributed by atoms with E-state index in [2.05, 4.69) is 10.2 Å². The number of likely N-dealkylation sites (N-methyl/N-ethyl adjacent to an activating group) is 1. The molecule has 0 fully saturated rings. The maximum absolute atomic E-state index is 13.4. The van der Waals surface area contributed by atoms with Crippen molar-refractivity contribution in [1.82, 2.24) is 19.7 Å². The summed E-state index contributed by atoms with van der Waals surface area (Å²) < 4.78 is 20.0.